The van der Waals surface area contributed by atoms with Gasteiger partial charge in [0.2, 0.25) is 0 Å². The Balaban J connectivity index is 0.999. The second-order valence-electron chi connectivity index (χ2n) is 15.1. The van der Waals surface area contributed by atoms with Gasteiger partial charge >= 0.3 is 0 Å². The van der Waals surface area contributed by atoms with E-state index >= 15 is 0 Å². The summed E-state index contributed by atoms with van der Waals surface area (Å²) in [6.45, 7) is 0. The fourth-order valence-corrected chi connectivity index (χ4v) is 10.0. The van der Waals surface area contributed by atoms with Crippen LogP contribution in [0, 0.1) is 0 Å². The van der Waals surface area contributed by atoms with Crippen molar-refractivity contribution in [2.45, 2.75) is 17.9 Å². The Labute approximate surface area is 326 Å². The van der Waals surface area contributed by atoms with Gasteiger partial charge in [-0.05, 0) is 104 Å². The van der Waals surface area contributed by atoms with E-state index in [1.807, 2.05) is 0 Å². The quantitative estimate of drug-likeness (QED) is 0.181. The van der Waals surface area contributed by atoms with Crippen molar-refractivity contribution in [1.29, 1.82) is 0 Å². The zero-order valence-corrected chi connectivity index (χ0v) is 30.5. The molecule has 56 heavy (non-hydrogen) atoms. The first-order valence-corrected chi connectivity index (χ1v) is 19.4. The van der Waals surface area contributed by atoms with Crippen LogP contribution in [0.4, 0.5) is 11.4 Å². The number of fused-ring (bicyclic) bond motifs is 13. The van der Waals surface area contributed by atoms with Crippen molar-refractivity contribution in [3.05, 3.63) is 228 Å². The zero-order valence-electron chi connectivity index (χ0n) is 30.5. The number of hydrogen-bond donors (Lipinski definition) is 0. The third kappa shape index (κ3) is 4.28. The Morgan fingerprint density at radius 2 is 1.09 bits per heavy atom. The van der Waals surface area contributed by atoms with Gasteiger partial charge in [0.15, 0.2) is 23.0 Å². The van der Waals surface area contributed by atoms with E-state index in [0.29, 0.717) is 0 Å². The highest BCUT2D eigenvalue weighted by Gasteiger charge is 2.53. The molecule has 0 N–H and O–H groups in total. The van der Waals surface area contributed by atoms with Crippen LogP contribution in [0.1, 0.15) is 28.7 Å². The highest BCUT2D eigenvalue weighted by molar-refractivity contribution is 5.98. The summed E-state index contributed by atoms with van der Waals surface area (Å²) < 4.78 is 14.2. The van der Waals surface area contributed by atoms with Crippen LogP contribution in [0.2, 0.25) is 0 Å². The molecular weight excluding hydrogens is 683 g/mol. The Morgan fingerprint density at radius 1 is 0.482 bits per heavy atom. The predicted molar refractivity (Wildman–Crippen MR) is 227 cm³/mol. The maximum absolute atomic E-state index is 7.35. The number of para-hydroxylation sites is 1. The fourth-order valence-electron chi connectivity index (χ4n) is 10.0. The number of benzene rings is 8. The van der Waals surface area contributed by atoms with Gasteiger partial charge in [0.1, 0.15) is 0 Å². The molecule has 0 radical (unpaired) electrons. The molecule has 0 saturated carbocycles. The highest BCUT2D eigenvalue weighted by atomic mass is 16.6. The van der Waals surface area contributed by atoms with Gasteiger partial charge in [-0.15, -0.1) is 0 Å². The SMILES string of the molecule is C1=CC2=C(Oc3c(ccc4c3-c3ccccc3C43c4ccccc4-c4ccccc43)O2)C(N(c2ccccc2)c2ccc(-c3cccc4ccccc34)cc2)C1. The van der Waals surface area contributed by atoms with Gasteiger partial charge in [0.05, 0.1) is 11.5 Å². The monoisotopic (exact) mass is 717 g/mol. The molecule has 8 aromatic rings. The lowest BCUT2D eigenvalue weighted by Crippen LogP contribution is -2.38. The Bertz CT molecular complexity index is 2910. The smallest absolute Gasteiger partial charge is 0.177 e. The number of hydrogen-bond acceptors (Lipinski definition) is 3. The minimum Gasteiger partial charge on any atom is -0.451 e. The maximum Gasteiger partial charge on any atom is 0.177 e. The summed E-state index contributed by atoms with van der Waals surface area (Å²) in [5.41, 5.74) is 14.1. The summed E-state index contributed by atoms with van der Waals surface area (Å²) >= 11 is 0. The fraction of sp³-hybridized carbons (Fsp3) is 0.0566. The second kappa shape index (κ2) is 11.9. The van der Waals surface area contributed by atoms with Crippen molar-refractivity contribution in [2.75, 3.05) is 4.90 Å². The third-order valence-corrected chi connectivity index (χ3v) is 12.3. The topological polar surface area (TPSA) is 21.7 Å². The standard InChI is InChI=1S/C53H35NO2/c1-2-16-36(17-3-1)54(37-30-28-35(29-31-37)39-22-12-15-34-14-4-5-18-38(34)39)47-26-13-27-48-51(47)56-52-49(55-48)33-32-46-50(52)42-21-8-11-25-45(42)53(46)43-23-9-6-19-40(43)41-20-7-10-24-44(41)53/h1-25,27-33,47H,26H2. The molecule has 1 atom stereocenters. The molecule has 0 bridgehead atoms. The van der Waals surface area contributed by atoms with Crippen LogP contribution in [-0.2, 0) is 5.41 Å². The first-order valence-electron chi connectivity index (χ1n) is 19.4. The number of ether oxygens (including phenoxy) is 2. The zero-order chi connectivity index (χ0) is 36.8. The molecule has 3 heteroatoms. The van der Waals surface area contributed by atoms with Gasteiger partial charge in [-0.2, -0.15) is 0 Å². The van der Waals surface area contributed by atoms with Crippen molar-refractivity contribution in [1.82, 2.24) is 0 Å². The molecule has 0 saturated heterocycles. The van der Waals surface area contributed by atoms with Crippen LogP contribution in [0.15, 0.2) is 206 Å². The van der Waals surface area contributed by atoms with Gasteiger partial charge in [-0.1, -0.05) is 158 Å². The van der Waals surface area contributed by atoms with E-state index in [-0.39, 0.29) is 6.04 Å². The molecule has 3 aliphatic carbocycles. The molecule has 1 spiro atoms. The highest BCUT2D eigenvalue weighted by Crippen LogP contribution is 2.65. The van der Waals surface area contributed by atoms with Gasteiger partial charge in [0.25, 0.3) is 0 Å². The number of nitrogens with zero attached hydrogens (tertiary/aromatic N) is 1. The van der Waals surface area contributed by atoms with Crippen molar-refractivity contribution in [2.24, 2.45) is 0 Å². The first kappa shape index (κ1) is 31.3. The molecule has 1 aliphatic heterocycles. The molecular formula is C53H35NO2. The lowest BCUT2D eigenvalue weighted by atomic mass is 9.70. The number of allylic oxidation sites excluding steroid dienone is 1. The molecule has 0 aromatic heterocycles. The molecule has 3 nitrogen and oxygen atoms in total. The normalized spacial score (nSPS) is 16.2. The lowest BCUT2D eigenvalue weighted by molar-refractivity contribution is 0.278. The Hall–Kier alpha value is -7.10. The van der Waals surface area contributed by atoms with Crippen LogP contribution in [0.3, 0.4) is 0 Å². The molecule has 0 amide bonds. The van der Waals surface area contributed by atoms with Gasteiger partial charge in [-0.3, -0.25) is 0 Å². The van der Waals surface area contributed by atoms with Gasteiger partial charge < -0.3 is 14.4 Å². The van der Waals surface area contributed by atoms with Crippen molar-refractivity contribution in [3.63, 3.8) is 0 Å². The van der Waals surface area contributed by atoms with E-state index in [1.54, 1.807) is 0 Å². The largest absolute Gasteiger partial charge is 0.451 e. The van der Waals surface area contributed by atoms with Crippen LogP contribution in [0.25, 0.3) is 44.2 Å². The van der Waals surface area contributed by atoms with Crippen LogP contribution >= 0.6 is 0 Å². The van der Waals surface area contributed by atoms with E-state index in [9.17, 15) is 0 Å². The second-order valence-corrected chi connectivity index (χ2v) is 15.1. The molecule has 1 heterocycles. The van der Waals surface area contributed by atoms with Crippen LogP contribution in [-0.4, -0.2) is 6.04 Å². The summed E-state index contributed by atoms with van der Waals surface area (Å²) in [5.74, 6) is 3.09. The number of rotatable bonds is 4. The maximum atomic E-state index is 7.35. The molecule has 264 valence electrons. The Kier molecular flexibility index (Phi) is 6.67. The minimum atomic E-state index is -0.458. The van der Waals surface area contributed by atoms with Crippen molar-refractivity contribution < 1.29 is 9.47 Å². The average molecular weight is 718 g/mol. The molecule has 0 fully saturated rings. The summed E-state index contributed by atoms with van der Waals surface area (Å²) in [7, 11) is 0. The van der Waals surface area contributed by atoms with Crippen molar-refractivity contribution >= 4 is 22.1 Å². The van der Waals surface area contributed by atoms with Gasteiger partial charge in [0, 0.05) is 16.9 Å². The molecule has 8 aromatic carbocycles. The predicted octanol–water partition coefficient (Wildman–Crippen LogP) is 13.0. The average Bonchev–Trinajstić information content (AvgIpc) is 3.74. The van der Waals surface area contributed by atoms with Crippen LogP contribution in [0.5, 0.6) is 11.5 Å². The summed E-state index contributed by atoms with van der Waals surface area (Å²) in [6, 6.07) is 65.7. The van der Waals surface area contributed by atoms with Gasteiger partial charge in [-0.25, -0.2) is 0 Å². The van der Waals surface area contributed by atoms with E-state index in [0.717, 1.165) is 46.4 Å². The lowest BCUT2D eigenvalue weighted by Gasteiger charge is -2.38. The Morgan fingerprint density at radius 3 is 1.86 bits per heavy atom. The molecule has 4 aliphatic rings. The van der Waals surface area contributed by atoms with Crippen molar-refractivity contribution in [3.8, 4) is 44.9 Å². The molecule has 1 unspecified atom stereocenters. The first-order chi connectivity index (χ1) is 27.8. The molecule has 12 rings (SSSR count). The van der Waals surface area contributed by atoms with Crippen LogP contribution < -0.4 is 14.4 Å². The van der Waals surface area contributed by atoms with E-state index < -0.39 is 5.41 Å². The minimum absolute atomic E-state index is 0.150. The van der Waals surface area contributed by atoms with E-state index in [4.69, 9.17) is 9.47 Å². The van der Waals surface area contributed by atoms with E-state index in [2.05, 4.69) is 199 Å². The number of anilines is 2. The summed E-state index contributed by atoms with van der Waals surface area (Å²) in [5, 5.41) is 2.49. The summed E-state index contributed by atoms with van der Waals surface area (Å²) in [6.07, 6.45) is 5.05. The third-order valence-electron chi connectivity index (χ3n) is 12.3. The van der Waals surface area contributed by atoms with E-state index in [1.165, 1.54) is 60.8 Å². The summed E-state index contributed by atoms with van der Waals surface area (Å²) in [4.78, 5) is 2.40.